The Morgan fingerprint density at radius 2 is 0.482 bits per heavy atom. The van der Waals surface area contributed by atoms with E-state index < -0.39 is 97.5 Å². The number of allylic oxidation sites excluding steroid dienone is 34. The Morgan fingerprint density at radius 1 is 0.259 bits per heavy atom. The number of esters is 4. The number of hydrogen-bond acceptors (Lipinski definition) is 15. The van der Waals surface area contributed by atoms with Crippen LogP contribution in [0.25, 0.3) is 0 Å². The normalized spacial score (nSPS) is 14.8. The van der Waals surface area contributed by atoms with E-state index in [9.17, 15) is 43.2 Å². The molecule has 2 unspecified atom stereocenters. The third-order valence-electron chi connectivity index (χ3n) is 16.7. The molecule has 0 saturated carbocycles. The number of phosphoric ester groups is 2. The second-order valence-corrected chi connectivity index (χ2v) is 30.2. The van der Waals surface area contributed by atoms with Gasteiger partial charge >= 0.3 is 39.5 Å². The van der Waals surface area contributed by atoms with Gasteiger partial charge in [-0.3, -0.25) is 37.3 Å². The van der Waals surface area contributed by atoms with Crippen LogP contribution in [0.4, 0.5) is 0 Å². The minimum atomic E-state index is -5.03. The van der Waals surface area contributed by atoms with Crippen molar-refractivity contribution in [2.75, 3.05) is 39.6 Å². The van der Waals surface area contributed by atoms with Crippen LogP contribution in [-0.2, 0) is 65.4 Å². The van der Waals surface area contributed by atoms with Gasteiger partial charge in [0.2, 0.25) is 0 Å². The van der Waals surface area contributed by atoms with Crippen LogP contribution in [0.1, 0.15) is 297 Å². The summed E-state index contributed by atoms with van der Waals surface area (Å²) in [6, 6.07) is 0. The summed E-state index contributed by atoms with van der Waals surface area (Å²) in [5, 5.41) is 10.7. The molecule has 0 rings (SSSR count). The van der Waals surface area contributed by atoms with Crippen LogP contribution in [0.3, 0.4) is 0 Å². The standard InChI is InChI=1S/C93H148O17P2/c1-5-9-13-17-21-25-29-33-37-40-43-46-50-53-57-61-65-69-73-77-90(95)103-83-88(109-92(97)79-75-71-67-63-59-55-49-36-32-28-24-20-16-12-8-4)85-107-111(99,100)105-81-87(94)82-106-112(101,102)108-86-89(110-93(98)80-76-72-68-64-60-56-52-48-45-42-39-35-31-27-23-19-15-11-7-3)84-104-91(96)78-74-70-66-62-58-54-51-47-44-41-38-34-30-26-22-18-14-10-6-2/h11,15,21-28,33-39,43-49,53-54,56-58,60,65-66,69-70,87-89,94H,5-10,12-14,16-20,29-32,40-42,50-52,55,59,61-64,67-68,71-86H2,1-4H3,(H,99,100)(H,101,102)/b15-11-,25-21-,26-22-,27-23-,28-24-,37-33-,38-34-,39-35-,46-43-,47-44-,48-45-,49-36-,57-53-,58-54-,60-56-,69-65-,70-66-/t87-,88+,89+/m0/s1. The number of rotatable bonds is 77. The molecule has 112 heavy (non-hydrogen) atoms. The van der Waals surface area contributed by atoms with Gasteiger partial charge in [-0.2, -0.15) is 0 Å². The van der Waals surface area contributed by atoms with E-state index in [1.807, 2.05) is 36.5 Å². The minimum absolute atomic E-state index is 0.0199. The minimum Gasteiger partial charge on any atom is -0.462 e. The fraction of sp³-hybridized carbons (Fsp3) is 0.591. The lowest BCUT2D eigenvalue weighted by molar-refractivity contribution is -0.161. The Kier molecular flexibility index (Phi) is 77.9. The lowest BCUT2D eigenvalue weighted by atomic mass is 10.1. The third kappa shape index (κ3) is 81.6. The lowest BCUT2D eigenvalue weighted by Gasteiger charge is -2.21. The first-order valence-corrected chi connectivity index (χ1v) is 45.3. The van der Waals surface area contributed by atoms with E-state index >= 15 is 0 Å². The Bertz CT molecular complexity index is 2940. The van der Waals surface area contributed by atoms with E-state index in [1.54, 1.807) is 0 Å². The average molecular weight is 1600 g/mol. The molecule has 0 radical (unpaired) electrons. The van der Waals surface area contributed by atoms with Crippen molar-refractivity contribution in [3.8, 4) is 0 Å². The number of carbonyl (C=O) groups excluding carboxylic acids is 4. The molecule has 19 heteroatoms. The smallest absolute Gasteiger partial charge is 0.462 e. The van der Waals surface area contributed by atoms with Crippen LogP contribution in [0.5, 0.6) is 0 Å². The van der Waals surface area contributed by atoms with Gasteiger partial charge in [-0.1, -0.05) is 298 Å². The highest BCUT2D eigenvalue weighted by molar-refractivity contribution is 7.47. The molecule has 0 heterocycles. The van der Waals surface area contributed by atoms with Crippen molar-refractivity contribution in [1.29, 1.82) is 0 Å². The fourth-order valence-corrected chi connectivity index (χ4v) is 11.9. The summed E-state index contributed by atoms with van der Waals surface area (Å²) in [6.07, 6.45) is 104. The molecule has 0 saturated heterocycles. The van der Waals surface area contributed by atoms with Gasteiger partial charge in [0.15, 0.2) is 12.2 Å². The predicted octanol–water partition coefficient (Wildman–Crippen LogP) is 25.4. The number of phosphoric acid groups is 2. The Labute approximate surface area is 678 Å². The van der Waals surface area contributed by atoms with Crippen LogP contribution in [0.2, 0.25) is 0 Å². The molecule has 632 valence electrons. The van der Waals surface area contributed by atoms with Gasteiger partial charge < -0.3 is 33.8 Å². The van der Waals surface area contributed by atoms with Gasteiger partial charge in [0.05, 0.1) is 26.4 Å². The molecular formula is C93H148O17P2. The molecule has 0 aromatic rings. The van der Waals surface area contributed by atoms with Crippen molar-refractivity contribution in [2.45, 2.75) is 316 Å². The predicted molar refractivity (Wildman–Crippen MR) is 463 cm³/mol. The SMILES string of the molecule is CC/C=C\C/C=C\C/C=C\C/C=C\C/C=C\CCCCCC(=O)O[C@H](COC(=O)CC/C=C\C/C=C\C/C=C\C/C=C\C/C=C\CCCCC)COP(=O)(O)OC[C@@H](O)COP(=O)(O)OC[C@@H](COC(=O)CC/C=C\C/C=C\C/C=C\C/C=C\C/C=C\CCCCC)OC(=O)CCCCCCC/C=C\C/C=C\CCCCC. The molecular weight excluding hydrogens is 1450 g/mol. The van der Waals surface area contributed by atoms with Gasteiger partial charge in [0.1, 0.15) is 19.3 Å². The van der Waals surface area contributed by atoms with Gasteiger partial charge in [0, 0.05) is 25.7 Å². The maximum absolute atomic E-state index is 13.1. The Morgan fingerprint density at radius 3 is 0.759 bits per heavy atom. The summed E-state index contributed by atoms with van der Waals surface area (Å²) in [7, 11) is -10.0. The Hall–Kier alpha value is -6.36. The first-order chi connectivity index (χ1) is 54.7. The molecule has 3 N–H and O–H groups in total. The van der Waals surface area contributed by atoms with E-state index in [-0.39, 0.29) is 25.7 Å². The molecule has 0 aliphatic rings. The molecule has 0 bridgehead atoms. The molecule has 17 nitrogen and oxygen atoms in total. The quantitative estimate of drug-likeness (QED) is 0.0169. The van der Waals surface area contributed by atoms with E-state index in [4.69, 9.17) is 37.0 Å². The summed E-state index contributed by atoms with van der Waals surface area (Å²) in [4.78, 5) is 73.2. The molecule has 0 spiro atoms. The van der Waals surface area contributed by atoms with Crippen LogP contribution >= 0.6 is 15.6 Å². The van der Waals surface area contributed by atoms with E-state index in [1.165, 1.54) is 57.8 Å². The van der Waals surface area contributed by atoms with Crippen molar-refractivity contribution < 1.29 is 80.2 Å². The highest BCUT2D eigenvalue weighted by Crippen LogP contribution is 2.45. The molecule has 0 aliphatic heterocycles. The molecule has 0 fully saturated rings. The van der Waals surface area contributed by atoms with Gasteiger partial charge in [-0.05, 0) is 180 Å². The van der Waals surface area contributed by atoms with Crippen LogP contribution in [0.15, 0.2) is 207 Å². The number of hydrogen-bond donors (Lipinski definition) is 3. The largest absolute Gasteiger partial charge is 0.472 e. The zero-order chi connectivity index (χ0) is 81.7. The number of unbranched alkanes of at least 4 members (excludes halogenated alkanes) is 17. The second kappa shape index (κ2) is 82.6. The molecule has 0 amide bonds. The van der Waals surface area contributed by atoms with Crippen LogP contribution in [0, 0.1) is 0 Å². The summed E-state index contributed by atoms with van der Waals surface area (Å²) >= 11 is 0. The summed E-state index contributed by atoms with van der Waals surface area (Å²) in [6.45, 7) is 4.44. The summed E-state index contributed by atoms with van der Waals surface area (Å²) < 4.78 is 68.6. The van der Waals surface area contributed by atoms with Crippen molar-refractivity contribution in [1.82, 2.24) is 0 Å². The zero-order valence-corrected chi connectivity index (χ0v) is 71.0. The number of aliphatic hydroxyl groups excluding tert-OH is 1. The van der Waals surface area contributed by atoms with Gasteiger partial charge in [0.25, 0.3) is 0 Å². The van der Waals surface area contributed by atoms with E-state index in [0.29, 0.717) is 38.5 Å². The van der Waals surface area contributed by atoms with Crippen molar-refractivity contribution in [3.63, 3.8) is 0 Å². The van der Waals surface area contributed by atoms with Gasteiger partial charge in [-0.25, -0.2) is 9.13 Å². The number of carbonyl (C=O) groups is 4. The molecule has 0 aromatic heterocycles. The van der Waals surface area contributed by atoms with Gasteiger partial charge in [-0.15, -0.1) is 0 Å². The van der Waals surface area contributed by atoms with Crippen LogP contribution < -0.4 is 0 Å². The first kappa shape index (κ1) is 106. The third-order valence-corrected chi connectivity index (χ3v) is 18.6. The lowest BCUT2D eigenvalue weighted by Crippen LogP contribution is -2.30. The van der Waals surface area contributed by atoms with Crippen molar-refractivity contribution in [3.05, 3.63) is 207 Å². The number of aliphatic hydroxyl groups is 1. The second-order valence-electron chi connectivity index (χ2n) is 27.3. The monoisotopic (exact) mass is 1600 g/mol. The highest BCUT2D eigenvalue weighted by Gasteiger charge is 2.30. The fourth-order valence-electron chi connectivity index (χ4n) is 10.3. The molecule has 0 aliphatic carbocycles. The van der Waals surface area contributed by atoms with Crippen molar-refractivity contribution in [2.24, 2.45) is 0 Å². The van der Waals surface area contributed by atoms with E-state index in [0.717, 1.165) is 148 Å². The average Bonchev–Trinajstić information content (AvgIpc) is 0.897. The van der Waals surface area contributed by atoms with Crippen molar-refractivity contribution >= 4 is 39.5 Å². The molecule has 0 aromatic carbocycles. The summed E-state index contributed by atoms with van der Waals surface area (Å²) in [5.41, 5.74) is 0. The summed E-state index contributed by atoms with van der Waals surface area (Å²) in [5.74, 6) is -2.44. The number of ether oxygens (including phenoxy) is 4. The first-order valence-electron chi connectivity index (χ1n) is 42.3. The van der Waals surface area contributed by atoms with E-state index in [2.05, 4.69) is 198 Å². The topological polar surface area (TPSA) is 237 Å². The Balaban J connectivity index is 5.58. The zero-order valence-electron chi connectivity index (χ0n) is 69.3. The maximum Gasteiger partial charge on any atom is 0.472 e. The van der Waals surface area contributed by atoms with Crippen LogP contribution in [-0.4, -0.2) is 96.7 Å². The maximum atomic E-state index is 13.1. The highest BCUT2D eigenvalue weighted by atomic mass is 31.2. The molecule has 5 atom stereocenters.